The van der Waals surface area contributed by atoms with E-state index in [-0.39, 0.29) is 19.6 Å². The zero-order valence-electron chi connectivity index (χ0n) is 17.6. The summed E-state index contributed by atoms with van der Waals surface area (Å²) in [6.07, 6.45) is -3.41. The summed E-state index contributed by atoms with van der Waals surface area (Å²) in [6, 6.07) is 9.86. The number of aryl methyl sites for hydroxylation is 1. The minimum absolute atomic E-state index is 0.265. The van der Waals surface area contributed by atoms with Gasteiger partial charge in [0, 0.05) is 36.9 Å². The maximum Gasteiger partial charge on any atom is 0.416 e. The number of nitrogens with zero attached hydrogens (tertiary/aromatic N) is 3. The minimum Gasteiger partial charge on any atom is -0.368 e. The fraction of sp³-hybridized carbons (Fsp3) is 0.381. The smallest absolute Gasteiger partial charge is 0.368 e. The van der Waals surface area contributed by atoms with E-state index in [0.29, 0.717) is 35.1 Å². The first-order valence-corrected chi connectivity index (χ1v) is 12.0. The molecule has 0 aromatic heterocycles. The number of rotatable bonds is 5. The molecular formula is C21H23ClF3N3O3S. The van der Waals surface area contributed by atoms with Crippen molar-refractivity contribution in [1.82, 2.24) is 4.90 Å². The fourth-order valence-corrected chi connectivity index (χ4v) is 4.61. The first kappa shape index (κ1) is 24.2. The molecule has 1 amide bonds. The molecular weight excluding hydrogens is 467 g/mol. The Balaban J connectivity index is 1.70. The summed E-state index contributed by atoms with van der Waals surface area (Å²) in [7, 11) is -3.75. The third-order valence-corrected chi connectivity index (χ3v) is 6.65. The first-order chi connectivity index (χ1) is 14.9. The van der Waals surface area contributed by atoms with Gasteiger partial charge in [0.25, 0.3) is 0 Å². The molecule has 0 unspecified atom stereocenters. The van der Waals surface area contributed by atoms with Gasteiger partial charge in [0.2, 0.25) is 15.9 Å². The summed E-state index contributed by atoms with van der Waals surface area (Å²) < 4.78 is 64.7. The van der Waals surface area contributed by atoms with Crippen molar-refractivity contribution in [3.63, 3.8) is 0 Å². The minimum atomic E-state index is -4.43. The van der Waals surface area contributed by atoms with Gasteiger partial charge < -0.3 is 9.80 Å². The molecule has 1 fully saturated rings. The van der Waals surface area contributed by atoms with Crippen molar-refractivity contribution in [2.45, 2.75) is 13.1 Å². The molecule has 0 radical (unpaired) electrons. The summed E-state index contributed by atoms with van der Waals surface area (Å²) >= 11 is 6.02. The maximum atomic E-state index is 13.0. The van der Waals surface area contributed by atoms with E-state index in [1.165, 1.54) is 17.0 Å². The van der Waals surface area contributed by atoms with Crippen molar-refractivity contribution >= 4 is 38.9 Å². The van der Waals surface area contributed by atoms with E-state index >= 15 is 0 Å². The normalized spacial score (nSPS) is 15.1. The van der Waals surface area contributed by atoms with Crippen LogP contribution in [0, 0.1) is 6.92 Å². The zero-order valence-corrected chi connectivity index (χ0v) is 19.1. The molecule has 3 rings (SSSR count). The highest BCUT2D eigenvalue weighted by molar-refractivity contribution is 7.92. The van der Waals surface area contributed by atoms with Crippen LogP contribution in [0.25, 0.3) is 0 Å². The Labute approximate surface area is 190 Å². The average molecular weight is 490 g/mol. The van der Waals surface area contributed by atoms with Crippen LogP contribution in [0.15, 0.2) is 42.5 Å². The van der Waals surface area contributed by atoms with Gasteiger partial charge in [-0.25, -0.2) is 8.42 Å². The van der Waals surface area contributed by atoms with Gasteiger partial charge >= 0.3 is 6.18 Å². The lowest BCUT2D eigenvalue weighted by molar-refractivity contribution is -0.137. The Morgan fingerprint density at radius 3 is 2.34 bits per heavy atom. The molecule has 1 aliphatic rings. The summed E-state index contributed by atoms with van der Waals surface area (Å²) in [5, 5.41) is 0.349. The number of carbonyl (C=O) groups is 1. The standard InChI is InChI=1S/C21H23ClF3N3O3S/c1-15-6-7-17(22)13-19(15)28(32(2,30)31)14-20(29)27-10-8-26(9-11-27)18-5-3-4-16(12-18)21(23,24)25/h3-7,12-13H,8-11,14H2,1-2H3. The Morgan fingerprint density at radius 1 is 1.09 bits per heavy atom. The molecule has 2 aromatic carbocycles. The summed E-state index contributed by atoms with van der Waals surface area (Å²) in [5.41, 5.74) is 0.686. The third-order valence-electron chi connectivity index (χ3n) is 5.29. The zero-order chi connectivity index (χ0) is 23.7. The van der Waals surface area contributed by atoms with Gasteiger partial charge in [-0.1, -0.05) is 23.7 Å². The second-order valence-corrected chi connectivity index (χ2v) is 9.96. The molecule has 6 nitrogen and oxygen atoms in total. The molecule has 0 atom stereocenters. The van der Waals surface area contributed by atoms with Crippen LogP contribution in [0.2, 0.25) is 5.02 Å². The van der Waals surface area contributed by atoms with Crippen LogP contribution in [0.3, 0.4) is 0 Å². The molecule has 0 aliphatic carbocycles. The Hall–Kier alpha value is -2.46. The van der Waals surface area contributed by atoms with Crippen molar-refractivity contribution in [3.8, 4) is 0 Å². The number of alkyl halides is 3. The van der Waals surface area contributed by atoms with E-state index in [1.807, 2.05) is 0 Å². The monoisotopic (exact) mass is 489 g/mol. The number of benzene rings is 2. The van der Waals surface area contributed by atoms with E-state index in [9.17, 15) is 26.4 Å². The lowest BCUT2D eigenvalue weighted by Gasteiger charge is -2.37. The highest BCUT2D eigenvalue weighted by Gasteiger charge is 2.32. The molecule has 174 valence electrons. The lowest BCUT2D eigenvalue weighted by atomic mass is 10.1. The average Bonchev–Trinajstić information content (AvgIpc) is 2.72. The molecule has 0 saturated carbocycles. The fourth-order valence-electron chi connectivity index (χ4n) is 3.55. The molecule has 1 saturated heterocycles. The summed E-state index contributed by atoms with van der Waals surface area (Å²) in [6.45, 7) is 2.54. The van der Waals surface area contributed by atoms with Crippen molar-refractivity contribution in [2.75, 3.05) is 48.2 Å². The number of piperazine rings is 1. The first-order valence-electron chi connectivity index (χ1n) is 9.80. The quantitative estimate of drug-likeness (QED) is 0.641. The molecule has 0 spiro atoms. The van der Waals surface area contributed by atoms with Crippen LogP contribution in [0.1, 0.15) is 11.1 Å². The summed E-state index contributed by atoms with van der Waals surface area (Å²) in [5.74, 6) is -0.390. The number of halogens is 4. The van der Waals surface area contributed by atoms with E-state index in [1.54, 1.807) is 30.0 Å². The molecule has 1 aliphatic heterocycles. The number of sulfonamides is 1. The van der Waals surface area contributed by atoms with Crippen molar-refractivity contribution < 1.29 is 26.4 Å². The highest BCUT2D eigenvalue weighted by Crippen LogP contribution is 2.32. The molecule has 1 heterocycles. The predicted molar refractivity (Wildman–Crippen MR) is 119 cm³/mol. The van der Waals surface area contributed by atoms with E-state index in [4.69, 9.17) is 11.6 Å². The summed E-state index contributed by atoms with van der Waals surface area (Å²) in [4.78, 5) is 16.2. The van der Waals surface area contributed by atoms with Crippen LogP contribution < -0.4 is 9.21 Å². The van der Waals surface area contributed by atoms with E-state index in [0.717, 1.165) is 22.7 Å². The number of anilines is 2. The van der Waals surface area contributed by atoms with Crippen molar-refractivity contribution in [2.24, 2.45) is 0 Å². The second-order valence-electron chi connectivity index (χ2n) is 7.62. The number of carbonyl (C=O) groups excluding carboxylic acids is 1. The topological polar surface area (TPSA) is 60.9 Å². The van der Waals surface area contributed by atoms with Gasteiger partial charge in [-0.3, -0.25) is 9.10 Å². The molecule has 2 aromatic rings. The maximum absolute atomic E-state index is 13.0. The molecule has 32 heavy (non-hydrogen) atoms. The van der Waals surface area contributed by atoms with Gasteiger partial charge in [-0.2, -0.15) is 13.2 Å². The van der Waals surface area contributed by atoms with Crippen LogP contribution in [0.5, 0.6) is 0 Å². The largest absolute Gasteiger partial charge is 0.416 e. The van der Waals surface area contributed by atoms with E-state index in [2.05, 4.69) is 0 Å². The molecule has 0 N–H and O–H groups in total. The van der Waals surface area contributed by atoms with Gasteiger partial charge in [-0.15, -0.1) is 0 Å². The van der Waals surface area contributed by atoms with Gasteiger partial charge in [0.1, 0.15) is 6.54 Å². The lowest BCUT2D eigenvalue weighted by Crippen LogP contribution is -2.52. The Kier molecular flexibility index (Phi) is 6.94. The van der Waals surface area contributed by atoms with Crippen LogP contribution in [-0.4, -0.2) is 58.2 Å². The van der Waals surface area contributed by atoms with E-state index < -0.39 is 27.7 Å². The Morgan fingerprint density at radius 2 is 1.75 bits per heavy atom. The van der Waals surface area contributed by atoms with Crippen LogP contribution >= 0.6 is 11.6 Å². The van der Waals surface area contributed by atoms with Gasteiger partial charge in [-0.05, 0) is 42.8 Å². The predicted octanol–water partition coefficient (Wildman–Crippen LogP) is 3.78. The number of amides is 1. The molecule has 0 bridgehead atoms. The Bertz CT molecular complexity index is 1100. The second kappa shape index (κ2) is 9.19. The van der Waals surface area contributed by atoms with Crippen molar-refractivity contribution in [1.29, 1.82) is 0 Å². The van der Waals surface area contributed by atoms with Gasteiger partial charge in [0.05, 0.1) is 17.5 Å². The van der Waals surface area contributed by atoms with Crippen molar-refractivity contribution in [3.05, 3.63) is 58.6 Å². The highest BCUT2D eigenvalue weighted by atomic mass is 35.5. The van der Waals surface area contributed by atoms with Gasteiger partial charge in [0.15, 0.2) is 0 Å². The SMILES string of the molecule is Cc1ccc(Cl)cc1N(CC(=O)N1CCN(c2cccc(C(F)(F)F)c2)CC1)S(C)(=O)=O. The van der Waals surface area contributed by atoms with Crippen LogP contribution in [0.4, 0.5) is 24.5 Å². The number of hydrogen-bond acceptors (Lipinski definition) is 4. The third kappa shape index (κ3) is 5.66. The number of hydrogen-bond donors (Lipinski definition) is 0. The molecule has 11 heteroatoms. The van der Waals surface area contributed by atoms with Crippen LogP contribution in [-0.2, 0) is 21.0 Å².